The van der Waals surface area contributed by atoms with Gasteiger partial charge in [-0.05, 0) is 12.5 Å². The Morgan fingerprint density at radius 3 is 2.48 bits per heavy atom. The van der Waals surface area contributed by atoms with Crippen LogP contribution in [0.5, 0.6) is 0 Å². The van der Waals surface area contributed by atoms with Crippen molar-refractivity contribution in [2.75, 3.05) is 37.6 Å². The van der Waals surface area contributed by atoms with Gasteiger partial charge in [-0.15, -0.1) is 0 Å². The summed E-state index contributed by atoms with van der Waals surface area (Å²) >= 11 is 0. The Hall–Kier alpha value is -2.75. The number of hydrogen-bond acceptors (Lipinski definition) is 7. The molecule has 2 N–H and O–H groups in total. The lowest BCUT2D eigenvalue weighted by molar-refractivity contribution is -0.393. The van der Waals surface area contributed by atoms with Crippen molar-refractivity contribution in [1.29, 1.82) is 0 Å². The molecule has 1 aliphatic rings. The van der Waals surface area contributed by atoms with E-state index in [1.54, 1.807) is 0 Å². The van der Waals surface area contributed by atoms with Crippen LogP contribution in [-0.4, -0.2) is 53.4 Å². The van der Waals surface area contributed by atoms with Crippen LogP contribution in [0.3, 0.4) is 0 Å². The second-order valence-electron chi connectivity index (χ2n) is 5.27. The average molecular weight is 323 g/mol. The maximum Gasteiger partial charge on any atom is 0.299 e. The quantitative estimate of drug-likeness (QED) is 0.615. The van der Waals surface area contributed by atoms with Gasteiger partial charge < -0.3 is 10.6 Å². The van der Waals surface area contributed by atoms with Gasteiger partial charge in [-0.25, -0.2) is 0 Å². The van der Waals surface area contributed by atoms with Gasteiger partial charge in [-0.3, -0.25) is 29.9 Å². The minimum absolute atomic E-state index is 0.149. The fourth-order valence-electron chi connectivity index (χ4n) is 2.63. The number of anilines is 1. The number of carbonyl (C=O) groups excluding carboxylic acids is 1. The molecule has 1 aromatic rings. The Labute approximate surface area is 131 Å². The van der Waals surface area contributed by atoms with E-state index in [9.17, 15) is 25.0 Å². The van der Waals surface area contributed by atoms with Crippen LogP contribution < -0.4 is 10.6 Å². The highest BCUT2D eigenvalue weighted by Crippen LogP contribution is 2.32. The second-order valence-corrected chi connectivity index (χ2v) is 5.27. The van der Waals surface area contributed by atoms with Gasteiger partial charge in [0.25, 0.3) is 11.4 Å². The number of carbonyl (C=O) groups is 1. The van der Waals surface area contributed by atoms with Gasteiger partial charge in [0.15, 0.2) is 0 Å². The summed E-state index contributed by atoms with van der Waals surface area (Å²) < 4.78 is 0. The van der Waals surface area contributed by atoms with Crippen LogP contribution in [0.15, 0.2) is 18.2 Å². The number of rotatable bonds is 5. The van der Waals surface area contributed by atoms with Gasteiger partial charge in [-0.2, -0.15) is 0 Å². The van der Waals surface area contributed by atoms with Gasteiger partial charge >= 0.3 is 0 Å². The third kappa shape index (κ3) is 4.13. The monoisotopic (exact) mass is 323 g/mol. The van der Waals surface area contributed by atoms with Gasteiger partial charge in [0.2, 0.25) is 5.91 Å². The lowest BCUT2D eigenvalue weighted by Crippen LogP contribution is -2.36. The summed E-state index contributed by atoms with van der Waals surface area (Å²) in [5.74, 6) is -0.417. The van der Waals surface area contributed by atoms with Crippen molar-refractivity contribution in [3.8, 4) is 0 Å². The summed E-state index contributed by atoms with van der Waals surface area (Å²) in [4.78, 5) is 35.4. The molecular weight excluding hydrogens is 306 g/mol. The van der Waals surface area contributed by atoms with Crippen LogP contribution >= 0.6 is 0 Å². The highest BCUT2D eigenvalue weighted by Gasteiger charge is 2.25. The van der Waals surface area contributed by atoms with Crippen molar-refractivity contribution in [1.82, 2.24) is 4.90 Å². The predicted molar refractivity (Wildman–Crippen MR) is 82.2 cm³/mol. The minimum Gasteiger partial charge on any atom is -0.369 e. The van der Waals surface area contributed by atoms with Crippen LogP contribution in [0.4, 0.5) is 17.1 Å². The van der Waals surface area contributed by atoms with Crippen molar-refractivity contribution in [3.63, 3.8) is 0 Å². The first kappa shape index (κ1) is 16.6. The van der Waals surface area contributed by atoms with Crippen molar-refractivity contribution in [2.45, 2.75) is 6.42 Å². The summed E-state index contributed by atoms with van der Waals surface area (Å²) in [5, 5.41) is 22.0. The molecule has 124 valence electrons. The number of benzene rings is 1. The molecule has 1 aliphatic heterocycles. The average Bonchev–Trinajstić information content (AvgIpc) is 2.71. The number of nitrogens with two attached hydrogens (primary N) is 1. The summed E-state index contributed by atoms with van der Waals surface area (Å²) in [5.41, 5.74) is 4.93. The number of nitro benzene ring substituents is 2. The molecule has 1 saturated heterocycles. The van der Waals surface area contributed by atoms with Crippen LogP contribution in [-0.2, 0) is 4.79 Å². The molecule has 0 spiro atoms. The topological polar surface area (TPSA) is 136 Å². The molecule has 2 rings (SSSR count). The Kier molecular flexibility index (Phi) is 5.06. The van der Waals surface area contributed by atoms with E-state index < -0.39 is 15.8 Å². The molecule has 0 aromatic heterocycles. The molecule has 10 heteroatoms. The lowest BCUT2D eigenvalue weighted by atomic mass is 10.2. The Morgan fingerprint density at radius 1 is 1.13 bits per heavy atom. The zero-order valence-electron chi connectivity index (χ0n) is 12.4. The van der Waals surface area contributed by atoms with E-state index in [2.05, 4.69) is 0 Å². The largest absolute Gasteiger partial charge is 0.369 e. The zero-order chi connectivity index (χ0) is 17.0. The first-order chi connectivity index (χ1) is 10.9. The van der Waals surface area contributed by atoms with E-state index in [0.717, 1.165) is 6.07 Å². The van der Waals surface area contributed by atoms with Crippen LogP contribution in [0, 0.1) is 20.2 Å². The van der Waals surface area contributed by atoms with Crippen molar-refractivity contribution < 1.29 is 14.6 Å². The smallest absolute Gasteiger partial charge is 0.299 e. The molecule has 0 saturated carbocycles. The van der Waals surface area contributed by atoms with Gasteiger partial charge in [0.05, 0.1) is 22.5 Å². The molecule has 0 bridgehead atoms. The molecule has 1 heterocycles. The molecule has 1 amide bonds. The van der Waals surface area contributed by atoms with Gasteiger partial charge in [0, 0.05) is 32.2 Å². The second kappa shape index (κ2) is 7.01. The molecule has 0 radical (unpaired) electrons. The number of non-ortho nitro benzene ring substituents is 1. The fourth-order valence-corrected chi connectivity index (χ4v) is 2.63. The minimum atomic E-state index is -0.659. The normalized spacial score (nSPS) is 15.9. The Morgan fingerprint density at radius 2 is 1.87 bits per heavy atom. The molecule has 10 nitrogen and oxygen atoms in total. The number of nitrogens with zero attached hydrogens (tertiary/aromatic N) is 4. The van der Waals surface area contributed by atoms with E-state index in [1.165, 1.54) is 12.1 Å². The van der Waals surface area contributed by atoms with Crippen molar-refractivity contribution >= 4 is 23.0 Å². The molecule has 0 aliphatic carbocycles. The number of amides is 1. The summed E-state index contributed by atoms with van der Waals surface area (Å²) in [7, 11) is 0. The number of hydrogen-bond donors (Lipinski definition) is 1. The van der Waals surface area contributed by atoms with E-state index in [0.29, 0.717) is 38.3 Å². The van der Waals surface area contributed by atoms with E-state index in [1.807, 2.05) is 9.80 Å². The van der Waals surface area contributed by atoms with Gasteiger partial charge in [-0.1, -0.05) is 0 Å². The molecule has 0 atom stereocenters. The predicted octanol–water partition coefficient (Wildman–Crippen LogP) is 0.500. The number of primary amides is 1. The van der Waals surface area contributed by atoms with Crippen molar-refractivity contribution in [3.05, 3.63) is 38.4 Å². The lowest BCUT2D eigenvalue weighted by Gasteiger charge is -2.22. The zero-order valence-corrected chi connectivity index (χ0v) is 12.4. The third-order valence-electron chi connectivity index (χ3n) is 3.68. The highest BCUT2D eigenvalue weighted by atomic mass is 16.6. The third-order valence-corrected chi connectivity index (χ3v) is 3.68. The van der Waals surface area contributed by atoms with E-state index in [-0.39, 0.29) is 17.9 Å². The SMILES string of the molecule is NC(=O)CN1CCCN(c2ccc([N+](=O)[O-])cc2[N+](=O)[O-])CC1. The standard InChI is InChI=1S/C13H17N5O5/c14-13(19)9-15-4-1-5-16(7-6-15)11-3-2-10(17(20)21)8-12(11)18(22)23/h2-3,8H,1,4-7,9H2,(H2,14,19). The molecule has 1 fully saturated rings. The van der Waals surface area contributed by atoms with Crippen LogP contribution in [0.25, 0.3) is 0 Å². The molecule has 23 heavy (non-hydrogen) atoms. The molecular formula is C13H17N5O5. The molecule has 0 unspecified atom stereocenters. The van der Waals surface area contributed by atoms with E-state index in [4.69, 9.17) is 5.73 Å². The summed E-state index contributed by atoms with van der Waals surface area (Å²) in [6, 6.07) is 3.63. The maximum atomic E-state index is 11.2. The Balaban J connectivity index is 2.22. The first-order valence-electron chi connectivity index (χ1n) is 7.07. The first-order valence-corrected chi connectivity index (χ1v) is 7.07. The summed E-state index contributed by atoms with van der Waals surface area (Å²) in [6.45, 7) is 2.40. The van der Waals surface area contributed by atoms with Crippen LogP contribution in [0.2, 0.25) is 0 Å². The maximum absolute atomic E-state index is 11.2. The fraction of sp³-hybridized carbons (Fsp3) is 0.462. The molecule has 1 aromatic carbocycles. The Bertz CT molecular complexity index is 635. The highest BCUT2D eigenvalue weighted by molar-refractivity contribution is 5.76. The summed E-state index contributed by atoms with van der Waals surface area (Å²) in [6.07, 6.45) is 0.710. The van der Waals surface area contributed by atoms with Crippen LogP contribution in [0.1, 0.15) is 6.42 Å². The van der Waals surface area contributed by atoms with Crippen molar-refractivity contribution in [2.24, 2.45) is 5.73 Å². The number of nitro groups is 2. The van der Waals surface area contributed by atoms with Gasteiger partial charge in [0.1, 0.15) is 5.69 Å². The van der Waals surface area contributed by atoms with E-state index >= 15 is 0 Å².